The molecule has 1 aliphatic heterocycles. The van der Waals surface area contributed by atoms with Crippen molar-refractivity contribution < 1.29 is 21.6 Å². The van der Waals surface area contributed by atoms with Gasteiger partial charge in [0.25, 0.3) is 0 Å². The SMILES string of the molecule is CCC1(CC)C[C@H](NS(=O)(=O)c2ccc(S(C)(=O)=O)cc2)c2ccccc2O1. The largest absolute Gasteiger partial charge is 0.487 e. The maximum atomic E-state index is 13.0. The highest BCUT2D eigenvalue weighted by molar-refractivity contribution is 7.90. The third kappa shape index (κ3) is 4.09. The van der Waals surface area contributed by atoms with Crippen molar-refractivity contribution in [2.45, 2.75) is 54.5 Å². The average Bonchev–Trinajstić information content (AvgIpc) is 2.67. The van der Waals surface area contributed by atoms with E-state index >= 15 is 0 Å². The zero-order valence-electron chi connectivity index (χ0n) is 16.2. The van der Waals surface area contributed by atoms with Gasteiger partial charge < -0.3 is 4.74 Å². The standard InChI is InChI=1S/C20H25NO5S2/c1-4-20(5-2)14-18(17-8-6-7-9-19(17)26-20)21-28(24,25)16-12-10-15(11-13-16)27(3,22)23/h6-13,18,21H,4-5,14H2,1-3H3/t18-/m0/s1. The molecule has 3 rings (SSSR count). The lowest BCUT2D eigenvalue weighted by Gasteiger charge is -2.41. The summed E-state index contributed by atoms with van der Waals surface area (Å²) in [4.78, 5) is 0.112. The minimum Gasteiger partial charge on any atom is -0.487 e. The predicted molar refractivity (Wildman–Crippen MR) is 108 cm³/mol. The van der Waals surface area contributed by atoms with E-state index in [-0.39, 0.29) is 9.79 Å². The third-order valence-electron chi connectivity index (χ3n) is 5.35. The second-order valence-electron chi connectivity index (χ2n) is 7.15. The highest BCUT2D eigenvalue weighted by Crippen LogP contribution is 2.43. The molecule has 1 atom stereocenters. The molecule has 152 valence electrons. The summed E-state index contributed by atoms with van der Waals surface area (Å²) in [6, 6.07) is 12.3. The van der Waals surface area contributed by atoms with E-state index in [1.807, 2.05) is 38.1 Å². The molecule has 1 aliphatic rings. The molecular weight excluding hydrogens is 398 g/mol. The first-order chi connectivity index (χ1) is 13.1. The summed E-state index contributed by atoms with van der Waals surface area (Å²) in [6.07, 6.45) is 3.14. The molecule has 0 saturated carbocycles. The normalized spacial score (nSPS) is 18.9. The first-order valence-electron chi connectivity index (χ1n) is 9.20. The molecule has 2 aromatic carbocycles. The summed E-state index contributed by atoms with van der Waals surface area (Å²) < 4.78 is 58.1. The van der Waals surface area contributed by atoms with Crippen LogP contribution in [-0.4, -0.2) is 28.7 Å². The van der Waals surface area contributed by atoms with E-state index in [0.29, 0.717) is 12.2 Å². The molecule has 8 heteroatoms. The second kappa shape index (κ2) is 7.50. The summed E-state index contributed by atoms with van der Waals surface area (Å²) in [7, 11) is -7.22. The lowest BCUT2D eigenvalue weighted by molar-refractivity contribution is 0.0260. The smallest absolute Gasteiger partial charge is 0.241 e. The Morgan fingerprint density at radius 2 is 1.54 bits per heavy atom. The van der Waals surface area contributed by atoms with Gasteiger partial charge in [-0.1, -0.05) is 32.0 Å². The molecule has 0 amide bonds. The van der Waals surface area contributed by atoms with Crippen molar-refractivity contribution in [2.75, 3.05) is 6.26 Å². The summed E-state index contributed by atoms with van der Waals surface area (Å²) in [5.41, 5.74) is 0.373. The molecule has 0 saturated heterocycles. The fourth-order valence-corrected chi connectivity index (χ4v) is 5.37. The number of benzene rings is 2. The van der Waals surface area contributed by atoms with Crippen molar-refractivity contribution in [3.63, 3.8) is 0 Å². The number of para-hydroxylation sites is 1. The Bertz CT molecular complexity index is 1060. The maximum absolute atomic E-state index is 13.0. The van der Waals surface area contributed by atoms with E-state index in [9.17, 15) is 16.8 Å². The van der Waals surface area contributed by atoms with Gasteiger partial charge in [-0.05, 0) is 43.2 Å². The van der Waals surface area contributed by atoms with Gasteiger partial charge in [0.1, 0.15) is 11.4 Å². The van der Waals surface area contributed by atoms with E-state index in [1.165, 1.54) is 24.3 Å². The Balaban J connectivity index is 1.95. The van der Waals surface area contributed by atoms with Gasteiger partial charge in [-0.25, -0.2) is 21.6 Å². The quantitative estimate of drug-likeness (QED) is 0.769. The molecule has 1 N–H and O–H groups in total. The van der Waals surface area contributed by atoms with Crippen LogP contribution in [0.15, 0.2) is 58.3 Å². The van der Waals surface area contributed by atoms with Crippen molar-refractivity contribution in [1.82, 2.24) is 4.72 Å². The lowest BCUT2D eigenvalue weighted by atomic mass is 9.84. The Morgan fingerprint density at radius 3 is 2.11 bits per heavy atom. The van der Waals surface area contributed by atoms with Crippen LogP contribution < -0.4 is 9.46 Å². The Kier molecular flexibility index (Phi) is 5.58. The molecule has 1 heterocycles. The van der Waals surface area contributed by atoms with Crippen LogP contribution in [0.2, 0.25) is 0 Å². The van der Waals surface area contributed by atoms with Crippen LogP contribution >= 0.6 is 0 Å². The summed E-state index contributed by atoms with van der Waals surface area (Å²) in [5.74, 6) is 0.692. The van der Waals surface area contributed by atoms with Crippen LogP contribution in [-0.2, 0) is 19.9 Å². The van der Waals surface area contributed by atoms with Gasteiger partial charge in [0, 0.05) is 18.2 Å². The van der Waals surface area contributed by atoms with Crippen molar-refractivity contribution in [1.29, 1.82) is 0 Å². The molecular formula is C20H25NO5S2. The highest BCUT2D eigenvalue weighted by Gasteiger charge is 2.40. The van der Waals surface area contributed by atoms with E-state index in [4.69, 9.17) is 4.74 Å². The molecule has 28 heavy (non-hydrogen) atoms. The third-order valence-corrected chi connectivity index (χ3v) is 7.96. The Morgan fingerprint density at radius 1 is 0.964 bits per heavy atom. The summed E-state index contributed by atoms with van der Waals surface area (Å²) >= 11 is 0. The van der Waals surface area contributed by atoms with Crippen molar-refractivity contribution >= 4 is 19.9 Å². The maximum Gasteiger partial charge on any atom is 0.241 e. The first kappa shape index (κ1) is 20.8. The second-order valence-corrected chi connectivity index (χ2v) is 10.9. The molecule has 0 aliphatic carbocycles. The van der Waals surface area contributed by atoms with Gasteiger partial charge in [-0.15, -0.1) is 0 Å². The van der Waals surface area contributed by atoms with Crippen LogP contribution in [0.25, 0.3) is 0 Å². The Hall–Kier alpha value is -1.90. The monoisotopic (exact) mass is 423 g/mol. The minimum absolute atomic E-state index is 0.0301. The van der Waals surface area contributed by atoms with E-state index in [1.54, 1.807) is 0 Å². The van der Waals surface area contributed by atoms with Gasteiger partial charge in [0.05, 0.1) is 15.8 Å². The van der Waals surface area contributed by atoms with E-state index in [2.05, 4.69) is 4.72 Å². The predicted octanol–water partition coefficient (Wildman–Crippen LogP) is 3.45. The number of hydrogen-bond acceptors (Lipinski definition) is 5. The van der Waals surface area contributed by atoms with Crippen LogP contribution in [0.4, 0.5) is 0 Å². The van der Waals surface area contributed by atoms with E-state index < -0.39 is 31.5 Å². The summed E-state index contributed by atoms with van der Waals surface area (Å²) in [6.45, 7) is 4.07. The fourth-order valence-electron chi connectivity index (χ4n) is 3.53. The molecule has 0 spiro atoms. The van der Waals surface area contributed by atoms with Crippen LogP contribution in [0.5, 0.6) is 5.75 Å². The lowest BCUT2D eigenvalue weighted by Crippen LogP contribution is -2.44. The number of nitrogens with one attached hydrogen (secondary N) is 1. The average molecular weight is 424 g/mol. The number of hydrogen-bond donors (Lipinski definition) is 1. The number of sulfone groups is 1. The zero-order valence-corrected chi connectivity index (χ0v) is 17.8. The number of rotatable bonds is 6. The van der Waals surface area contributed by atoms with Crippen molar-refractivity contribution in [3.05, 3.63) is 54.1 Å². The number of fused-ring (bicyclic) bond motifs is 1. The fraction of sp³-hybridized carbons (Fsp3) is 0.400. The van der Waals surface area contributed by atoms with Gasteiger partial charge in [-0.3, -0.25) is 0 Å². The van der Waals surface area contributed by atoms with E-state index in [0.717, 1.165) is 24.7 Å². The van der Waals surface area contributed by atoms with Crippen molar-refractivity contribution in [2.24, 2.45) is 0 Å². The van der Waals surface area contributed by atoms with Crippen molar-refractivity contribution in [3.8, 4) is 5.75 Å². The number of ether oxygens (including phenoxy) is 1. The molecule has 0 aromatic heterocycles. The first-order valence-corrected chi connectivity index (χ1v) is 12.6. The van der Waals surface area contributed by atoms with Gasteiger partial charge >= 0.3 is 0 Å². The van der Waals surface area contributed by atoms with Crippen LogP contribution in [0.3, 0.4) is 0 Å². The zero-order chi connectivity index (χ0) is 20.6. The molecule has 0 unspecified atom stereocenters. The van der Waals surface area contributed by atoms with Gasteiger partial charge in [0.15, 0.2) is 9.84 Å². The molecule has 2 aromatic rings. The molecule has 0 bridgehead atoms. The Labute approximate surface area is 166 Å². The number of sulfonamides is 1. The minimum atomic E-state index is -3.83. The molecule has 6 nitrogen and oxygen atoms in total. The summed E-state index contributed by atoms with van der Waals surface area (Å²) in [5, 5.41) is 0. The van der Waals surface area contributed by atoms with Crippen LogP contribution in [0, 0.1) is 0 Å². The highest BCUT2D eigenvalue weighted by atomic mass is 32.2. The van der Waals surface area contributed by atoms with Gasteiger partial charge in [0.2, 0.25) is 10.0 Å². The van der Waals surface area contributed by atoms with Gasteiger partial charge in [-0.2, -0.15) is 0 Å². The molecule has 0 radical (unpaired) electrons. The topological polar surface area (TPSA) is 89.5 Å². The van der Waals surface area contributed by atoms with Crippen LogP contribution in [0.1, 0.15) is 44.7 Å². The molecule has 0 fully saturated rings.